The van der Waals surface area contributed by atoms with Crippen molar-refractivity contribution in [1.82, 2.24) is 0 Å². The number of benzene rings is 2. The molecule has 0 saturated heterocycles. The van der Waals surface area contributed by atoms with E-state index in [4.69, 9.17) is 15.2 Å². The summed E-state index contributed by atoms with van der Waals surface area (Å²) in [6.45, 7) is 0.216. The highest BCUT2D eigenvalue weighted by molar-refractivity contribution is 5.93. The summed E-state index contributed by atoms with van der Waals surface area (Å²) < 4.78 is 46.9. The Morgan fingerprint density at radius 2 is 1.79 bits per heavy atom. The quantitative estimate of drug-likeness (QED) is 0.701. The van der Waals surface area contributed by atoms with Crippen LogP contribution >= 0.6 is 12.4 Å². The lowest BCUT2D eigenvalue weighted by atomic mass is 9.94. The maximum absolute atomic E-state index is 12.5. The molecule has 1 amide bonds. The van der Waals surface area contributed by atoms with Gasteiger partial charge in [0.1, 0.15) is 0 Å². The van der Waals surface area contributed by atoms with Crippen molar-refractivity contribution < 1.29 is 27.4 Å². The minimum atomic E-state index is -4.48. The van der Waals surface area contributed by atoms with E-state index in [0.717, 1.165) is 5.56 Å². The van der Waals surface area contributed by atoms with Gasteiger partial charge in [0, 0.05) is 17.8 Å². The Balaban J connectivity index is 0.00000392. The van der Waals surface area contributed by atoms with Gasteiger partial charge in [0.25, 0.3) is 0 Å². The molecule has 3 N–H and O–H groups in total. The van der Waals surface area contributed by atoms with Gasteiger partial charge in [-0.15, -0.1) is 12.4 Å². The maximum atomic E-state index is 12.5. The Morgan fingerprint density at radius 3 is 2.36 bits per heavy atom. The molecule has 5 nitrogen and oxygen atoms in total. The molecule has 0 radical (unpaired) electrons. The molecule has 0 saturated carbocycles. The predicted octanol–water partition coefficient (Wildman–Crippen LogP) is 4.33. The Hall–Kier alpha value is -2.45. The van der Waals surface area contributed by atoms with E-state index in [1.54, 1.807) is 6.92 Å². The molecule has 0 aromatic heterocycles. The standard InChI is InChI=1S/C19H21F3N2O3.ClH/c1-12(17(23)13-6-4-3-5-7-13)18(25)24-14-8-9-15(26-2)16(10-14)27-11-19(20,21)22;/h3-10,12,17H,11,23H2,1-2H3,(H,24,25);1H. The fourth-order valence-electron chi connectivity index (χ4n) is 2.41. The number of nitrogens with one attached hydrogen (secondary N) is 1. The summed E-state index contributed by atoms with van der Waals surface area (Å²) in [5, 5.41) is 2.65. The molecule has 0 fully saturated rings. The van der Waals surface area contributed by atoms with Crippen LogP contribution in [0, 0.1) is 5.92 Å². The average molecular weight is 419 g/mol. The van der Waals surface area contributed by atoms with Crippen LogP contribution in [0.5, 0.6) is 11.5 Å². The van der Waals surface area contributed by atoms with Crippen molar-refractivity contribution in [3.63, 3.8) is 0 Å². The van der Waals surface area contributed by atoms with Crippen LogP contribution in [0.1, 0.15) is 18.5 Å². The highest BCUT2D eigenvalue weighted by Gasteiger charge is 2.29. The van der Waals surface area contributed by atoms with Crippen molar-refractivity contribution >= 4 is 24.0 Å². The largest absolute Gasteiger partial charge is 0.493 e. The highest BCUT2D eigenvalue weighted by Crippen LogP contribution is 2.32. The number of methoxy groups -OCH3 is 1. The van der Waals surface area contributed by atoms with E-state index in [9.17, 15) is 18.0 Å². The second-order valence-corrected chi connectivity index (χ2v) is 5.98. The summed E-state index contributed by atoms with van der Waals surface area (Å²) in [5.74, 6) is -0.911. The average Bonchev–Trinajstić information content (AvgIpc) is 2.65. The van der Waals surface area contributed by atoms with E-state index < -0.39 is 24.7 Å². The van der Waals surface area contributed by atoms with Gasteiger partial charge in [-0.05, 0) is 17.7 Å². The molecule has 2 rings (SSSR count). The third-order valence-electron chi connectivity index (χ3n) is 3.96. The number of carbonyl (C=O) groups excluding carboxylic acids is 1. The van der Waals surface area contributed by atoms with Gasteiger partial charge in [0.15, 0.2) is 18.1 Å². The predicted molar refractivity (Wildman–Crippen MR) is 103 cm³/mol. The highest BCUT2D eigenvalue weighted by atomic mass is 35.5. The first kappa shape index (κ1) is 23.6. The minimum Gasteiger partial charge on any atom is -0.493 e. The SMILES string of the molecule is COc1ccc(NC(=O)C(C)C(N)c2ccccc2)cc1OCC(F)(F)F.Cl. The summed E-state index contributed by atoms with van der Waals surface area (Å²) in [5.41, 5.74) is 7.23. The van der Waals surface area contributed by atoms with Crippen molar-refractivity contribution in [3.05, 3.63) is 54.1 Å². The van der Waals surface area contributed by atoms with Crippen LogP contribution in [0.2, 0.25) is 0 Å². The zero-order valence-corrected chi connectivity index (χ0v) is 16.1. The van der Waals surface area contributed by atoms with E-state index in [1.165, 1.54) is 25.3 Å². The molecule has 9 heteroatoms. The van der Waals surface area contributed by atoms with E-state index in [1.807, 2.05) is 30.3 Å². The molecule has 2 aromatic rings. The molecule has 28 heavy (non-hydrogen) atoms. The number of anilines is 1. The zero-order chi connectivity index (χ0) is 20.0. The first-order chi connectivity index (χ1) is 12.7. The molecule has 2 atom stereocenters. The van der Waals surface area contributed by atoms with Crippen molar-refractivity contribution in [3.8, 4) is 11.5 Å². The van der Waals surface area contributed by atoms with Crippen LogP contribution in [0.3, 0.4) is 0 Å². The normalized spacial score (nSPS) is 13.1. The number of rotatable bonds is 7. The molecule has 0 spiro atoms. The van der Waals surface area contributed by atoms with Gasteiger partial charge in [-0.1, -0.05) is 37.3 Å². The van der Waals surface area contributed by atoms with E-state index >= 15 is 0 Å². The van der Waals surface area contributed by atoms with Crippen molar-refractivity contribution in [1.29, 1.82) is 0 Å². The fraction of sp³-hybridized carbons (Fsp3) is 0.316. The third kappa shape index (κ3) is 6.61. The minimum absolute atomic E-state index is 0. The van der Waals surface area contributed by atoms with Gasteiger partial charge in [-0.3, -0.25) is 4.79 Å². The summed E-state index contributed by atoms with van der Waals surface area (Å²) in [4.78, 5) is 12.5. The molecule has 0 aliphatic heterocycles. The van der Waals surface area contributed by atoms with Crippen LogP contribution in [0.15, 0.2) is 48.5 Å². The van der Waals surface area contributed by atoms with Gasteiger partial charge >= 0.3 is 6.18 Å². The number of hydrogen-bond acceptors (Lipinski definition) is 4. The zero-order valence-electron chi connectivity index (χ0n) is 15.3. The second kappa shape index (κ2) is 10.2. The van der Waals surface area contributed by atoms with Crippen molar-refractivity contribution in [2.24, 2.45) is 11.7 Å². The van der Waals surface area contributed by atoms with E-state index in [-0.39, 0.29) is 35.5 Å². The Labute approximate surface area is 167 Å². The number of carbonyl (C=O) groups is 1. The van der Waals surface area contributed by atoms with E-state index in [2.05, 4.69) is 5.32 Å². The Morgan fingerprint density at radius 1 is 1.14 bits per heavy atom. The Kier molecular flexibility index (Phi) is 8.59. The number of ether oxygens (including phenoxy) is 2. The molecule has 0 aliphatic carbocycles. The molecular formula is C19H22ClF3N2O3. The van der Waals surface area contributed by atoms with Crippen LogP contribution in [-0.2, 0) is 4.79 Å². The number of amides is 1. The summed E-state index contributed by atoms with van der Waals surface area (Å²) in [7, 11) is 1.31. The molecular weight excluding hydrogens is 397 g/mol. The molecule has 0 heterocycles. The molecule has 2 aromatic carbocycles. The lowest BCUT2D eigenvalue weighted by molar-refractivity contribution is -0.153. The lowest BCUT2D eigenvalue weighted by Crippen LogP contribution is -2.30. The van der Waals surface area contributed by atoms with Gasteiger partial charge in [0.2, 0.25) is 5.91 Å². The molecule has 0 bridgehead atoms. The first-order valence-electron chi connectivity index (χ1n) is 8.20. The summed E-state index contributed by atoms with van der Waals surface area (Å²) in [6, 6.07) is 12.8. The van der Waals surface area contributed by atoms with Gasteiger partial charge < -0.3 is 20.5 Å². The van der Waals surface area contributed by atoms with Gasteiger partial charge in [-0.25, -0.2) is 0 Å². The monoisotopic (exact) mass is 418 g/mol. The molecule has 154 valence electrons. The lowest BCUT2D eigenvalue weighted by Gasteiger charge is -2.20. The number of nitrogens with two attached hydrogens (primary N) is 1. The smallest absolute Gasteiger partial charge is 0.422 e. The molecule has 0 aliphatic rings. The van der Waals surface area contributed by atoms with Crippen LogP contribution < -0.4 is 20.5 Å². The number of hydrogen-bond donors (Lipinski definition) is 2. The number of alkyl halides is 3. The van der Waals surface area contributed by atoms with Crippen LogP contribution in [0.4, 0.5) is 18.9 Å². The van der Waals surface area contributed by atoms with E-state index in [0.29, 0.717) is 0 Å². The fourth-order valence-corrected chi connectivity index (χ4v) is 2.41. The van der Waals surface area contributed by atoms with Crippen LogP contribution in [0.25, 0.3) is 0 Å². The van der Waals surface area contributed by atoms with Crippen LogP contribution in [-0.4, -0.2) is 25.8 Å². The summed E-state index contributed by atoms with van der Waals surface area (Å²) >= 11 is 0. The number of halogens is 4. The van der Waals surface area contributed by atoms with Crippen molar-refractivity contribution in [2.75, 3.05) is 19.0 Å². The van der Waals surface area contributed by atoms with Gasteiger partial charge in [0.05, 0.1) is 13.0 Å². The molecule has 2 unspecified atom stereocenters. The summed E-state index contributed by atoms with van der Waals surface area (Å²) in [6.07, 6.45) is -4.48. The topological polar surface area (TPSA) is 73.6 Å². The van der Waals surface area contributed by atoms with Gasteiger partial charge in [-0.2, -0.15) is 13.2 Å². The Bertz CT molecular complexity index is 773. The third-order valence-corrected chi connectivity index (χ3v) is 3.96. The second-order valence-electron chi connectivity index (χ2n) is 5.98. The van der Waals surface area contributed by atoms with Crippen molar-refractivity contribution in [2.45, 2.75) is 19.1 Å². The first-order valence-corrected chi connectivity index (χ1v) is 8.20. The maximum Gasteiger partial charge on any atom is 0.422 e.